The second-order valence-corrected chi connectivity index (χ2v) is 4.83. The summed E-state index contributed by atoms with van der Waals surface area (Å²) in [6, 6.07) is 8.32. The Morgan fingerprint density at radius 1 is 1.45 bits per heavy atom. The van der Waals surface area contributed by atoms with Crippen LogP contribution in [0.4, 0.5) is 11.5 Å². The van der Waals surface area contributed by atoms with Crippen molar-refractivity contribution in [2.45, 2.75) is 6.61 Å². The van der Waals surface area contributed by atoms with Gasteiger partial charge in [-0.3, -0.25) is 10.1 Å². The van der Waals surface area contributed by atoms with Crippen molar-refractivity contribution in [3.63, 3.8) is 0 Å². The number of hydrogen-bond acceptors (Lipinski definition) is 5. The molecular weight excluding hydrogens is 326 g/mol. The first-order chi connectivity index (χ1) is 9.61. The molecule has 1 aromatic carbocycles. The first kappa shape index (κ1) is 14.3. The second-order valence-electron chi connectivity index (χ2n) is 3.92. The average Bonchev–Trinajstić information content (AvgIpc) is 2.46. The van der Waals surface area contributed by atoms with E-state index in [0.717, 1.165) is 5.56 Å². The molecule has 2 aromatic rings. The number of nitrogens with zero attached hydrogens (tertiary/aromatic N) is 2. The molecule has 7 heteroatoms. The van der Waals surface area contributed by atoms with E-state index < -0.39 is 4.92 Å². The van der Waals surface area contributed by atoms with Gasteiger partial charge in [-0.1, -0.05) is 22.0 Å². The lowest BCUT2D eigenvalue weighted by molar-refractivity contribution is -0.386. The van der Waals surface area contributed by atoms with Crippen molar-refractivity contribution < 1.29 is 9.66 Å². The highest BCUT2D eigenvalue weighted by Gasteiger charge is 2.16. The molecule has 1 N–H and O–H groups in total. The van der Waals surface area contributed by atoms with Crippen molar-refractivity contribution in [3.05, 3.63) is 56.7 Å². The molecule has 0 aliphatic heterocycles. The molecule has 6 nitrogen and oxygen atoms in total. The van der Waals surface area contributed by atoms with Gasteiger partial charge in [0.1, 0.15) is 12.4 Å². The summed E-state index contributed by atoms with van der Waals surface area (Å²) in [4.78, 5) is 14.7. The Labute approximate surface area is 124 Å². The Hall–Kier alpha value is -2.15. The van der Waals surface area contributed by atoms with Gasteiger partial charge in [0, 0.05) is 29.3 Å². The molecule has 1 heterocycles. The number of anilines is 1. The third-order valence-electron chi connectivity index (χ3n) is 2.63. The highest BCUT2D eigenvalue weighted by molar-refractivity contribution is 9.10. The van der Waals surface area contributed by atoms with E-state index in [4.69, 9.17) is 4.74 Å². The van der Waals surface area contributed by atoms with Crippen LogP contribution in [0.2, 0.25) is 0 Å². The Bertz CT molecular complexity index is 634. The third-order valence-corrected chi connectivity index (χ3v) is 3.12. The molecule has 0 fully saturated rings. The monoisotopic (exact) mass is 337 g/mol. The van der Waals surface area contributed by atoms with Gasteiger partial charge in [0.25, 0.3) is 0 Å². The van der Waals surface area contributed by atoms with Crippen LogP contribution in [0.3, 0.4) is 0 Å². The minimum Gasteiger partial charge on any atom is -0.482 e. The van der Waals surface area contributed by atoms with Gasteiger partial charge in [0.05, 0.1) is 4.92 Å². The summed E-state index contributed by atoms with van der Waals surface area (Å²) in [5.74, 6) is 0.913. The van der Waals surface area contributed by atoms with Crippen LogP contribution in [-0.2, 0) is 6.61 Å². The van der Waals surface area contributed by atoms with Gasteiger partial charge in [0.2, 0.25) is 0 Å². The number of pyridine rings is 1. The fourth-order valence-corrected chi connectivity index (χ4v) is 2.04. The fourth-order valence-electron chi connectivity index (χ4n) is 1.69. The Morgan fingerprint density at radius 2 is 2.25 bits per heavy atom. The predicted octanol–water partition coefficient (Wildman–Crippen LogP) is 3.37. The molecule has 2 rings (SSSR count). The molecule has 104 valence electrons. The van der Waals surface area contributed by atoms with Crippen LogP contribution in [0.1, 0.15) is 5.56 Å². The summed E-state index contributed by atoms with van der Waals surface area (Å²) in [6.45, 7) is 0.201. The number of hydrogen-bond donors (Lipinski definition) is 1. The Balaban J connectivity index is 2.21. The maximum absolute atomic E-state index is 11.0. The molecule has 0 radical (unpaired) electrons. The molecule has 1 aromatic heterocycles. The SMILES string of the molecule is CNc1ncccc1COc1ccc(Br)cc1[N+](=O)[O-]. The zero-order valence-corrected chi connectivity index (χ0v) is 12.3. The molecule has 0 saturated heterocycles. The molecule has 0 amide bonds. The van der Waals surface area contributed by atoms with E-state index in [0.29, 0.717) is 10.3 Å². The molecule has 20 heavy (non-hydrogen) atoms. The van der Waals surface area contributed by atoms with Crippen LogP contribution in [-0.4, -0.2) is 17.0 Å². The fraction of sp³-hybridized carbons (Fsp3) is 0.154. The first-order valence-corrected chi connectivity index (χ1v) is 6.59. The summed E-state index contributed by atoms with van der Waals surface area (Å²) < 4.78 is 6.17. The normalized spacial score (nSPS) is 10.1. The number of nitro groups is 1. The Kier molecular flexibility index (Phi) is 4.52. The largest absolute Gasteiger partial charge is 0.482 e. The molecule has 0 bridgehead atoms. The second kappa shape index (κ2) is 6.33. The van der Waals surface area contributed by atoms with E-state index in [9.17, 15) is 10.1 Å². The van der Waals surface area contributed by atoms with Crippen LogP contribution in [0.25, 0.3) is 0 Å². The van der Waals surface area contributed by atoms with Gasteiger partial charge in [-0.25, -0.2) is 4.98 Å². The van der Waals surface area contributed by atoms with E-state index in [1.54, 1.807) is 31.4 Å². The minimum absolute atomic E-state index is 0.0747. The molecule has 0 unspecified atom stereocenters. The zero-order chi connectivity index (χ0) is 14.5. The van der Waals surface area contributed by atoms with Gasteiger partial charge in [-0.2, -0.15) is 0 Å². The number of aromatic nitrogens is 1. The van der Waals surface area contributed by atoms with Gasteiger partial charge < -0.3 is 10.1 Å². The Morgan fingerprint density at radius 3 is 2.95 bits per heavy atom. The van der Waals surface area contributed by atoms with Crippen molar-refractivity contribution in [1.82, 2.24) is 4.98 Å². The van der Waals surface area contributed by atoms with Crippen molar-refractivity contribution in [2.24, 2.45) is 0 Å². The maximum Gasteiger partial charge on any atom is 0.312 e. The van der Waals surface area contributed by atoms with Crippen molar-refractivity contribution in [3.8, 4) is 5.75 Å². The summed E-state index contributed by atoms with van der Waals surface area (Å²) in [7, 11) is 1.76. The van der Waals surface area contributed by atoms with E-state index in [1.165, 1.54) is 6.07 Å². The van der Waals surface area contributed by atoms with Crippen LogP contribution in [0.15, 0.2) is 41.0 Å². The molecule has 0 aliphatic carbocycles. The molecule has 0 atom stereocenters. The summed E-state index contributed by atoms with van der Waals surface area (Å²) in [5.41, 5.74) is 0.751. The molecular formula is C13H12BrN3O3. The molecule has 0 aliphatic rings. The van der Waals surface area contributed by atoms with E-state index >= 15 is 0 Å². The standard InChI is InChI=1S/C13H12BrN3O3/c1-15-13-9(3-2-6-16-13)8-20-12-5-4-10(14)7-11(12)17(18)19/h2-7H,8H2,1H3,(H,15,16). The molecule has 0 spiro atoms. The third kappa shape index (κ3) is 3.24. The maximum atomic E-state index is 11.0. The van der Waals surface area contributed by atoms with Gasteiger partial charge in [-0.15, -0.1) is 0 Å². The number of halogens is 1. The highest BCUT2D eigenvalue weighted by atomic mass is 79.9. The van der Waals surface area contributed by atoms with Crippen molar-refractivity contribution >= 4 is 27.4 Å². The predicted molar refractivity (Wildman–Crippen MR) is 78.9 cm³/mol. The quantitative estimate of drug-likeness (QED) is 0.668. The van der Waals surface area contributed by atoms with Crippen LogP contribution in [0, 0.1) is 10.1 Å². The lowest BCUT2D eigenvalue weighted by Gasteiger charge is -2.10. The summed E-state index contributed by atoms with van der Waals surface area (Å²) in [5, 5.41) is 13.9. The van der Waals surface area contributed by atoms with Gasteiger partial charge in [0.15, 0.2) is 5.75 Å². The smallest absolute Gasteiger partial charge is 0.312 e. The zero-order valence-electron chi connectivity index (χ0n) is 10.7. The first-order valence-electron chi connectivity index (χ1n) is 5.80. The number of nitrogens with one attached hydrogen (secondary N) is 1. The topological polar surface area (TPSA) is 77.3 Å². The van der Waals surface area contributed by atoms with E-state index in [2.05, 4.69) is 26.2 Å². The van der Waals surface area contributed by atoms with Crippen LogP contribution < -0.4 is 10.1 Å². The number of ether oxygens (including phenoxy) is 1. The van der Waals surface area contributed by atoms with Crippen LogP contribution in [0.5, 0.6) is 5.75 Å². The number of nitro benzene ring substituents is 1. The lowest BCUT2D eigenvalue weighted by atomic mass is 10.2. The van der Waals surface area contributed by atoms with Crippen LogP contribution >= 0.6 is 15.9 Å². The minimum atomic E-state index is -0.470. The van der Waals surface area contributed by atoms with Gasteiger partial charge in [-0.05, 0) is 18.2 Å². The summed E-state index contributed by atoms with van der Waals surface area (Å²) in [6.07, 6.45) is 1.66. The number of rotatable bonds is 5. The lowest BCUT2D eigenvalue weighted by Crippen LogP contribution is -2.03. The van der Waals surface area contributed by atoms with Crippen molar-refractivity contribution in [1.29, 1.82) is 0 Å². The number of benzene rings is 1. The average molecular weight is 338 g/mol. The highest BCUT2D eigenvalue weighted by Crippen LogP contribution is 2.31. The van der Waals surface area contributed by atoms with Crippen molar-refractivity contribution in [2.75, 3.05) is 12.4 Å². The van der Waals surface area contributed by atoms with Gasteiger partial charge >= 0.3 is 5.69 Å². The van der Waals surface area contributed by atoms with E-state index in [-0.39, 0.29) is 18.0 Å². The summed E-state index contributed by atoms with van der Waals surface area (Å²) >= 11 is 3.20. The van der Waals surface area contributed by atoms with E-state index in [1.807, 2.05) is 6.07 Å². The molecule has 0 saturated carbocycles.